The number of aryl methyl sites for hydroxylation is 2. The molecule has 1 saturated heterocycles. The molecule has 0 bridgehead atoms. The van der Waals surface area contributed by atoms with Crippen LogP contribution >= 0.6 is 0 Å². The summed E-state index contributed by atoms with van der Waals surface area (Å²) < 4.78 is 0. The second-order valence-electron chi connectivity index (χ2n) is 9.14. The van der Waals surface area contributed by atoms with Gasteiger partial charge in [0.05, 0.1) is 0 Å². The monoisotopic (exact) mass is 441 g/mol. The molecule has 0 saturated carbocycles. The Morgan fingerprint density at radius 3 is 2.33 bits per heavy atom. The molecule has 4 rings (SSSR count). The summed E-state index contributed by atoms with van der Waals surface area (Å²) in [5, 5.41) is 6.71. The van der Waals surface area contributed by atoms with E-state index in [1.165, 1.54) is 43.5 Å². The molecule has 0 unspecified atom stereocenters. The Morgan fingerprint density at radius 2 is 1.58 bits per heavy atom. The fourth-order valence-corrected chi connectivity index (χ4v) is 4.54. The summed E-state index contributed by atoms with van der Waals surface area (Å²) in [4.78, 5) is 16.0. The highest BCUT2D eigenvalue weighted by Gasteiger charge is 2.21. The Kier molecular flexibility index (Phi) is 7.92. The number of carbonyl (C=O) groups excluding carboxylic acids is 1. The largest absolute Gasteiger partial charge is 0.324 e. The van der Waals surface area contributed by atoms with Gasteiger partial charge in [0.2, 0.25) is 5.91 Å². The van der Waals surface area contributed by atoms with Crippen LogP contribution in [0.1, 0.15) is 53.1 Å². The van der Waals surface area contributed by atoms with Crippen LogP contribution in [0.25, 0.3) is 0 Å². The van der Waals surface area contributed by atoms with E-state index in [4.69, 9.17) is 0 Å². The lowest BCUT2D eigenvalue weighted by atomic mass is 10.0. The predicted octanol–water partition coefficient (Wildman–Crippen LogP) is 5.76. The lowest BCUT2D eigenvalue weighted by molar-refractivity contribution is -0.118. The minimum Gasteiger partial charge on any atom is -0.324 e. The van der Waals surface area contributed by atoms with Gasteiger partial charge in [0.1, 0.15) is 6.04 Å². The second kappa shape index (κ2) is 11.3. The van der Waals surface area contributed by atoms with Gasteiger partial charge < -0.3 is 5.32 Å². The molecule has 2 N–H and O–H groups in total. The summed E-state index contributed by atoms with van der Waals surface area (Å²) in [6.45, 7) is 8.03. The van der Waals surface area contributed by atoms with Crippen molar-refractivity contribution in [3.63, 3.8) is 0 Å². The zero-order chi connectivity index (χ0) is 23.0. The van der Waals surface area contributed by atoms with Crippen LogP contribution in [0.5, 0.6) is 0 Å². The lowest BCUT2D eigenvalue weighted by Crippen LogP contribution is -2.33. The van der Waals surface area contributed by atoms with Crippen molar-refractivity contribution in [3.05, 3.63) is 101 Å². The molecule has 3 aromatic rings. The average molecular weight is 442 g/mol. The first-order valence-electron chi connectivity index (χ1n) is 12.1. The molecule has 1 fully saturated rings. The third kappa shape index (κ3) is 6.31. The number of nitrogens with zero attached hydrogens (tertiary/aromatic N) is 1. The molecule has 0 radical (unpaired) electrons. The summed E-state index contributed by atoms with van der Waals surface area (Å²) in [5.41, 5.74) is 6.62. The van der Waals surface area contributed by atoms with Gasteiger partial charge in [-0.2, -0.15) is 0 Å². The van der Waals surface area contributed by atoms with Crippen LogP contribution in [-0.2, 0) is 17.9 Å². The Bertz CT molecular complexity index is 1060. The van der Waals surface area contributed by atoms with Gasteiger partial charge in [-0.3, -0.25) is 15.0 Å². The third-order valence-corrected chi connectivity index (χ3v) is 6.50. The first kappa shape index (κ1) is 23.2. The van der Waals surface area contributed by atoms with Crippen molar-refractivity contribution < 1.29 is 4.79 Å². The van der Waals surface area contributed by atoms with Crippen LogP contribution in [0.4, 0.5) is 5.69 Å². The Labute approximate surface area is 198 Å². The summed E-state index contributed by atoms with van der Waals surface area (Å²) in [6, 6.07) is 24.3. The lowest BCUT2D eigenvalue weighted by Gasteiger charge is -2.27. The van der Waals surface area contributed by atoms with Crippen molar-refractivity contribution in [2.24, 2.45) is 0 Å². The molecule has 0 aliphatic carbocycles. The molecule has 3 aromatic carbocycles. The molecule has 4 nitrogen and oxygen atoms in total. The number of piperidine rings is 1. The van der Waals surface area contributed by atoms with Gasteiger partial charge in [0.15, 0.2) is 0 Å². The Hall–Kier alpha value is -2.95. The fraction of sp³-hybridized carbons (Fsp3) is 0.345. The quantitative estimate of drug-likeness (QED) is 0.467. The maximum atomic E-state index is 13.4. The molecule has 0 spiro atoms. The number of hydrogen-bond acceptors (Lipinski definition) is 3. The number of amides is 1. The van der Waals surface area contributed by atoms with Crippen LogP contribution in [0.15, 0.2) is 72.8 Å². The van der Waals surface area contributed by atoms with Crippen LogP contribution in [0.2, 0.25) is 0 Å². The summed E-state index contributed by atoms with van der Waals surface area (Å²) >= 11 is 0. The van der Waals surface area contributed by atoms with Gasteiger partial charge in [-0.1, -0.05) is 73.2 Å². The van der Waals surface area contributed by atoms with E-state index in [1.807, 2.05) is 56.3 Å². The van der Waals surface area contributed by atoms with E-state index in [0.29, 0.717) is 6.54 Å². The van der Waals surface area contributed by atoms with Gasteiger partial charge in [0, 0.05) is 18.8 Å². The van der Waals surface area contributed by atoms with Crippen molar-refractivity contribution in [1.82, 2.24) is 10.2 Å². The molecule has 4 heteroatoms. The maximum absolute atomic E-state index is 13.4. The van der Waals surface area contributed by atoms with Crippen LogP contribution in [-0.4, -0.2) is 23.9 Å². The third-order valence-electron chi connectivity index (χ3n) is 6.50. The van der Waals surface area contributed by atoms with E-state index in [0.717, 1.165) is 28.9 Å². The minimum absolute atomic E-state index is 0.0385. The molecular weight excluding hydrogens is 406 g/mol. The van der Waals surface area contributed by atoms with Crippen LogP contribution < -0.4 is 10.6 Å². The van der Waals surface area contributed by atoms with Gasteiger partial charge in [-0.05, 0) is 73.7 Å². The topological polar surface area (TPSA) is 44.4 Å². The van der Waals surface area contributed by atoms with Gasteiger partial charge >= 0.3 is 0 Å². The number of likely N-dealkylation sites (tertiary alicyclic amines) is 1. The normalized spacial score (nSPS) is 15.2. The van der Waals surface area contributed by atoms with Gasteiger partial charge in [-0.25, -0.2) is 0 Å². The molecule has 1 atom stereocenters. The SMILES string of the molecule is Cc1ccc(C)c(NC(=O)[C@@H](NCc2ccccc2CN2CCCCC2)c2ccccc2)c1. The number of hydrogen-bond donors (Lipinski definition) is 2. The predicted molar refractivity (Wildman–Crippen MR) is 136 cm³/mol. The zero-order valence-electron chi connectivity index (χ0n) is 19.8. The number of nitrogens with one attached hydrogen (secondary N) is 2. The van der Waals surface area contributed by atoms with E-state index in [2.05, 4.69) is 45.9 Å². The van der Waals surface area contributed by atoms with E-state index >= 15 is 0 Å². The van der Waals surface area contributed by atoms with Gasteiger partial charge in [0.25, 0.3) is 0 Å². The summed E-state index contributed by atoms with van der Waals surface area (Å²) in [5.74, 6) is -0.0385. The molecular formula is C29H35N3O. The van der Waals surface area contributed by atoms with Crippen molar-refractivity contribution in [2.45, 2.75) is 52.2 Å². The van der Waals surface area contributed by atoms with Crippen LogP contribution in [0, 0.1) is 13.8 Å². The zero-order valence-corrected chi connectivity index (χ0v) is 19.8. The van der Waals surface area contributed by atoms with Crippen LogP contribution in [0.3, 0.4) is 0 Å². The maximum Gasteiger partial charge on any atom is 0.246 e. The minimum atomic E-state index is -0.436. The number of carbonyl (C=O) groups is 1. The fourth-order valence-electron chi connectivity index (χ4n) is 4.54. The first-order valence-corrected chi connectivity index (χ1v) is 12.1. The van der Waals surface area contributed by atoms with Crippen molar-refractivity contribution in [1.29, 1.82) is 0 Å². The molecule has 1 aliphatic rings. The molecule has 172 valence electrons. The van der Waals surface area contributed by atoms with E-state index < -0.39 is 6.04 Å². The standard InChI is InChI=1S/C29H35N3O/c1-22-15-16-23(2)27(19-22)31-29(33)28(24-11-5-3-6-12-24)30-20-25-13-7-8-14-26(25)21-32-17-9-4-10-18-32/h3,5-8,11-16,19,28,30H,4,9-10,17-18,20-21H2,1-2H3,(H,31,33)/t28-/m0/s1. The van der Waals surface area contributed by atoms with Crippen molar-refractivity contribution in [3.8, 4) is 0 Å². The Morgan fingerprint density at radius 1 is 0.879 bits per heavy atom. The summed E-state index contributed by atoms with van der Waals surface area (Å²) in [7, 11) is 0. The van der Waals surface area contributed by atoms with E-state index in [1.54, 1.807) is 0 Å². The second-order valence-corrected chi connectivity index (χ2v) is 9.14. The number of anilines is 1. The molecule has 0 aromatic heterocycles. The highest BCUT2D eigenvalue weighted by atomic mass is 16.2. The molecule has 1 aliphatic heterocycles. The number of benzene rings is 3. The van der Waals surface area contributed by atoms with E-state index in [-0.39, 0.29) is 5.91 Å². The highest BCUT2D eigenvalue weighted by molar-refractivity contribution is 5.96. The highest BCUT2D eigenvalue weighted by Crippen LogP contribution is 2.22. The van der Waals surface area contributed by atoms with Crippen molar-refractivity contribution in [2.75, 3.05) is 18.4 Å². The smallest absolute Gasteiger partial charge is 0.246 e. The average Bonchev–Trinajstić information content (AvgIpc) is 2.84. The first-order chi connectivity index (χ1) is 16.1. The molecule has 1 heterocycles. The van der Waals surface area contributed by atoms with E-state index in [9.17, 15) is 4.79 Å². The molecule has 1 amide bonds. The molecule has 33 heavy (non-hydrogen) atoms. The van der Waals surface area contributed by atoms with Crippen molar-refractivity contribution >= 4 is 11.6 Å². The Balaban J connectivity index is 1.51. The summed E-state index contributed by atoms with van der Waals surface area (Å²) in [6.07, 6.45) is 3.91. The number of rotatable bonds is 8. The van der Waals surface area contributed by atoms with Gasteiger partial charge in [-0.15, -0.1) is 0 Å².